The highest BCUT2D eigenvalue weighted by molar-refractivity contribution is 7.91. The molecule has 1 aromatic heterocycles. The second-order valence-corrected chi connectivity index (χ2v) is 8.69. The van der Waals surface area contributed by atoms with Crippen molar-refractivity contribution < 1.29 is 18.0 Å². The summed E-state index contributed by atoms with van der Waals surface area (Å²) in [6, 6.07) is 10.5. The van der Waals surface area contributed by atoms with E-state index in [1.807, 2.05) is 19.1 Å². The average Bonchev–Trinajstić information content (AvgIpc) is 3.12. The largest absolute Gasteiger partial charge is 0.336 e. The van der Waals surface area contributed by atoms with Crippen LogP contribution in [0.4, 0.5) is 5.69 Å². The zero-order chi connectivity index (χ0) is 19.2. The number of carbonyl (C=O) groups excluding carboxylic acids is 2. The molecule has 140 valence electrons. The van der Waals surface area contributed by atoms with Crippen molar-refractivity contribution in [3.63, 3.8) is 0 Å². The highest BCUT2D eigenvalue weighted by Crippen LogP contribution is 2.15. The van der Waals surface area contributed by atoms with Gasteiger partial charge in [-0.15, -0.1) is 11.3 Å². The first-order valence-corrected chi connectivity index (χ1v) is 10.3. The van der Waals surface area contributed by atoms with Gasteiger partial charge >= 0.3 is 0 Å². The Morgan fingerprint density at radius 3 is 2.46 bits per heavy atom. The molecule has 0 saturated carbocycles. The molecule has 0 aliphatic heterocycles. The van der Waals surface area contributed by atoms with E-state index in [-0.39, 0.29) is 35.5 Å². The van der Waals surface area contributed by atoms with E-state index in [9.17, 15) is 18.0 Å². The molecule has 2 N–H and O–H groups in total. The van der Waals surface area contributed by atoms with Gasteiger partial charge in [0.15, 0.2) is 0 Å². The molecule has 2 amide bonds. The molecule has 9 heteroatoms. The molecule has 2 aromatic rings. The number of anilines is 1. The summed E-state index contributed by atoms with van der Waals surface area (Å²) in [6.45, 7) is 1.82. The molecule has 0 aliphatic rings. The van der Waals surface area contributed by atoms with Crippen LogP contribution >= 0.6 is 11.3 Å². The fourth-order valence-corrected chi connectivity index (χ4v) is 4.18. The number of amides is 2. The van der Waals surface area contributed by atoms with Gasteiger partial charge in [-0.3, -0.25) is 9.59 Å². The first-order chi connectivity index (χ1) is 12.3. The lowest BCUT2D eigenvalue weighted by atomic mass is 10.2. The maximum absolute atomic E-state index is 12.1. The lowest BCUT2D eigenvalue weighted by molar-refractivity contribution is -0.133. The molecule has 0 atom stereocenters. The predicted octanol–water partition coefficient (Wildman–Crippen LogP) is 1.82. The number of hydrogen-bond donors (Lipinski definition) is 2. The van der Waals surface area contributed by atoms with Gasteiger partial charge in [0.25, 0.3) is 0 Å². The highest BCUT2D eigenvalue weighted by atomic mass is 32.2. The number of carbonyl (C=O) groups is 2. The van der Waals surface area contributed by atoms with Gasteiger partial charge in [-0.2, -0.15) is 0 Å². The zero-order valence-corrected chi connectivity index (χ0v) is 16.2. The molecule has 0 fully saturated rings. The SMILES string of the molecule is Cc1ccc(NC(=O)CN(C)C(=O)CCNS(=O)(=O)c2cccs2)cc1. The topological polar surface area (TPSA) is 95.6 Å². The molecular formula is C17H21N3O4S2. The number of nitrogens with one attached hydrogen (secondary N) is 2. The summed E-state index contributed by atoms with van der Waals surface area (Å²) in [5.41, 5.74) is 1.74. The third kappa shape index (κ3) is 5.94. The van der Waals surface area contributed by atoms with Crippen molar-refractivity contribution in [1.29, 1.82) is 0 Å². The monoisotopic (exact) mass is 395 g/mol. The number of thiophene rings is 1. The summed E-state index contributed by atoms with van der Waals surface area (Å²) in [5.74, 6) is -0.637. The fourth-order valence-electron chi connectivity index (χ4n) is 2.11. The Morgan fingerprint density at radius 2 is 1.85 bits per heavy atom. The molecule has 0 saturated heterocycles. The van der Waals surface area contributed by atoms with Gasteiger partial charge in [0.05, 0.1) is 6.54 Å². The normalized spacial score (nSPS) is 11.2. The number of sulfonamides is 1. The van der Waals surface area contributed by atoms with Crippen LogP contribution in [-0.2, 0) is 19.6 Å². The standard InChI is InChI=1S/C17H21N3O4S2/c1-13-5-7-14(8-6-13)19-15(21)12-20(2)16(22)9-10-18-26(23,24)17-4-3-11-25-17/h3-8,11,18H,9-10,12H2,1-2H3,(H,19,21). The fraction of sp³-hybridized carbons (Fsp3) is 0.294. The third-order valence-corrected chi connectivity index (χ3v) is 6.39. The van der Waals surface area contributed by atoms with E-state index in [1.165, 1.54) is 18.0 Å². The van der Waals surface area contributed by atoms with Crippen LogP contribution in [0.2, 0.25) is 0 Å². The van der Waals surface area contributed by atoms with Crippen molar-refractivity contribution in [2.24, 2.45) is 0 Å². The minimum absolute atomic E-state index is 0.0248. The molecule has 1 heterocycles. The molecule has 0 spiro atoms. The van der Waals surface area contributed by atoms with Crippen molar-refractivity contribution in [1.82, 2.24) is 9.62 Å². The first-order valence-electron chi connectivity index (χ1n) is 7.91. The van der Waals surface area contributed by atoms with Crippen molar-refractivity contribution >= 4 is 38.9 Å². The van der Waals surface area contributed by atoms with Crippen LogP contribution in [-0.4, -0.2) is 45.3 Å². The lowest BCUT2D eigenvalue weighted by Gasteiger charge is -2.17. The molecule has 0 bridgehead atoms. The van der Waals surface area contributed by atoms with Crippen molar-refractivity contribution in [2.45, 2.75) is 17.6 Å². The van der Waals surface area contributed by atoms with Gasteiger partial charge in [0.1, 0.15) is 4.21 Å². The van der Waals surface area contributed by atoms with Gasteiger partial charge in [-0.1, -0.05) is 23.8 Å². The molecule has 26 heavy (non-hydrogen) atoms. The summed E-state index contributed by atoms with van der Waals surface area (Å²) in [7, 11) is -2.08. The molecular weight excluding hydrogens is 374 g/mol. The average molecular weight is 396 g/mol. The Kier molecular flexibility index (Phi) is 6.90. The van der Waals surface area contributed by atoms with Crippen LogP contribution in [0.1, 0.15) is 12.0 Å². The number of likely N-dealkylation sites (N-methyl/N-ethyl adjacent to an activating group) is 1. The van der Waals surface area contributed by atoms with Crippen molar-refractivity contribution in [2.75, 3.05) is 25.5 Å². The van der Waals surface area contributed by atoms with Crippen LogP contribution in [0.5, 0.6) is 0 Å². The number of nitrogens with zero attached hydrogens (tertiary/aromatic N) is 1. The Morgan fingerprint density at radius 1 is 1.15 bits per heavy atom. The van der Waals surface area contributed by atoms with E-state index in [0.29, 0.717) is 5.69 Å². The van der Waals surface area contributed by atoms with E-state index in [0.717, 1.165) is 16.9 Å². The minimum atomic E-state index is -3.59. The maximum Gasteiger partial charge on any atom is 0.250 e. The molecule has 7 nitrogen and oxygen atoms in total. The smallest absolute Gasteiger partial charge is 0.250 e. The highest BCUT2D eigenvalue weighted by Gasteiger charge is 2.17. The predicted molar refractivity (Wildman–Crippen MR) is 102 cm³/mol. The maximum atomic E-state index is 12.1. The quantitative estimate of drug-likeness (QED) is 0.713. The van der Waals surface area contributed by atoms with E-state index in [1.54, 1.807) is 23.6 Å². The minimum Gasteiger partial charge on any atom is -0.336 e. The number of aryl methyl sites for hydroxylation is 1. The van der Waals surface area contributed by atoms with Gasteiger partial charge in [0.2, 0.25) is 21.8 Å². The van der Waals surface area contributed by atoms with Gasteiger partial charge < -0.3 is 10.2 Å². The van der Waals surface area contributed by atoms with Crippen LogP contribution in [0.25, 0.3) is 0 Å². The van der Waals surface area contributed by atoms with E-state index in [4.69, 9.17) is 0 Å². The number of hydrogen-bond acceptors (Lipinski definition) is 5. The summed E-state index contributed by atoms with van der Waals surface area (Å²) >= 11 is 1.11. The van der Waals surface area contributed by atoms with Gasteiger partial charge in [-0.05, 0) is 30.5 Å². The lowest BCUT2D eigenvalue weighted by Crippen LogP contribution is -2.37. The molecule has 0 aliphatic carbocycles. The van der Waals surface area contributed by atoms with Crippen LogP contribution < -0.4 is 10.0 Å². The van der Waals surface area contributed by atoms with Crippen LogP contribution in [0.3, 0.4) is 0 Å². The summed E-state index contributed by atoms with van der Waals surface area (Å²) < 4.78 is 26.5. The first kappa shape index (κ1) is 20.1. The Hall–Kier alpha value is -2.23. The van der Waals surface area contributed by atoms with Crippen LogP contribution in [0, 0.1) is 6.92 Å². The second-order valence-electron chi connectivity index (χ2n) is 5.74. The summed E-state index contributed by atoms with van der Waals surface area (Å²) in [4.78, 5) is 25.3. The van der Waals surface area contributed by atoms with Gasteiger partial charge in [0, 0.05) is 25.7 Å². The Bertz CT molecular complexity index is 847. The van der Waals surface area contributed by atoms with Gasteiger partial charge in [-0.25, -0.2) is 13.1 Å². The second kappa shape index (κ2) is 8.93. The zero-order valence-electron chi connectivity index (χ0n) is 14.6. The van der Waals surface area contributed by atoms with E-state index in [2.05, 4.69) is 10.0 Å². The molecule has 0 unspecified atom stereocenters. The van der Waals surface area contributed by atoms with Crippen LogP contribution in [0.15, 0.2) is 46.0 Å². The van der Waals surface area contributed by atoms with Crippen molar-refractivity contribution in [3.8, 4) is 0 Å². The molecule has 0 radical (unpaired) electrons. The Balaban J connectivity index is 1.76. The summed E-state index contributed by atoms with van der Waals surface area (Å²) in [6.07, 6.45) is -0.0289. The molecule has 1 aromatic carbocycles. The number of benzene rings is 1. The van der Waals surface area contributed by atoms with E-state index >= 15 is 0 Å². The third-order valence-electron chi connectivity index (χ3n) is 3.53. The summed E-state index contributed by atoms with van der Waals surface area (Å²) in [5, 5.41) is 4.38. The number of rotatable bonds is 8. The Labute approximate surface area is 157 Å². The van der Waals surface area contributed by atoms with Crippen molar-refractivity contribution in [3.05, 3.63) is 47.3 Å². The van der Waals surface area contributed by atoms with E-state index < -0.39 is 10.0 Å². The molecule has 2 rings (SSSR count).